The van der Waals surface area contributed by atoms with E-state index in [-0.39, 0.29) is 10.5 Å². The van der Waals surface area contributed by atoms with Gasteiger partial charge in [0.05, 0.1) is 11.3 Å². The maximum absolute atomic E-state index is 13.1. The molecule has 0 fully saturated rings. The molecule has 0 saturated carbocycles. The molecular weight excluding hydrogens is 400 g/mol. The average molecular weight is 429 g/mol. The van der Waals surface area contributed by atoms with Crippen LogP contribution in [0.2, 0.25) is 0 Å². The van der Waals surface area contributed by atoms with Crippen LogP contribution in [0.4, 0.5) is 5.69 Å². The molecule has 0 saturated heterocycles. The summed E-state index contributed by atoms with van der Waals surface area (Å²) >= 11 is 0. The summed E-state index contributed by atoms with van der Waals surface area (Å²) in [6, 6.07) is 13.0. The fourth-order valence-electron chi connectivity index (χ4n) is 3.62. The molecule has 160 valence electrons. The molecule has 1 atom stereocenters. The van der Waals surface area contributed by atoms with Crippen molar-refractivity contribution >= 4 is 21.7 Å². The summed E-state index contributed by atoms with van der Waals surface area (Å²) < 4.78 is 28.9. The number of hydrogen-bond donors (Lipinski definition) is 3. The van der Waals surface area contributed by atoms with Gasteiger partial charge in [-0.15, -0.1) is 0 Å². The second kappa shape index (κ2) is 9.91. The average Bonchev–Trinajstić information content (AvgIpc) is 2.75. The summed E-state index contributed by atoms with van der Waals surface area (Å²) in [4.78, 5) is 11.4. The number of aromatic carboxylic acids is 1. The number of hydrogen-bond acceptors (Lipinski definition) is 4. The molecule has 1 aliphatic carbocycles. The minimum atomic E-state index is -3.94. The van der Waals surface area contributed by atoms with Crippen LogP contribution in [0.15, 0.2) is 65.1 Å². The van der Waals surface area contributed by atoms with Gasteiger partial charge in [0.25, 0.3) is 0 Å². The van der Waals surface area contributed by atoms with Gasteiger partial charge in [-0.25, -0.2) is 17.9 Å². The Morgan fingerprint density at radius 1 is 1.13 bits per heavy atom. The second-order valence-corrected chi connectivity index (χ2v) is 9.24. The maximum atomic E-state index is 13.1. The molecule has 0 aromatic heterocycles. The number of anilines is 1. The third-order valence-electron chi connectivity index (χ3n) is 5.30. The number of carboxylic acid groups (broad SMARTS) is 1. The molecule has 0 unspecified atom stereocenters. The van der Waals surface area contributed by atoms with Crippen LogP contribution in [0.1, 0.15) is 61.0 Å². The summed E-state index contributed by atoms with van der Waals surface area (Å²) in [5, 5.41) is 12.5. The highest BCUT2D eigenvalue weighted by Crippen LogP contribution is 2.26. The minimum Gasteiger partial charge on any atom is -0.478 e. The predicted molar refractivity (Wildman–Crippen MR) is 118 cm³/mol. The van der Waals surface area contributed by atoms with E-state index in [4.69, 9.17) is 0 Å². The molecule has 0 heterocycles. The second-order valence-electron chi connectivity index (χ2n) is 7.55. The number of benzene rings is 2. The normalized spacial score (nSPS) is 15.3. The van der Waals surface area contributed by atoms with Crippen molar-refractivity contribution in [3.8, 4) is 0 Å². The van der Waals surface area contributed by atoms with Gasteiger partial charge >= 0.3 is 5.97 Å². The highest BCUT2D eigenvalue weighted by atomic mass is 32.2. The Labute approximate surface area is 178 Å². The minimum absolute atomic E-state index is 0.0530. The summed E-state index contributed by atoms with van der Waals surface area (Å²) in [5.41, 5.74) is 2.55. The maximum Gasteiger partial charge on any atom is 0.335 e. The van der Waals surface area contributed by atoms with Crippen LogP contribution >= 0.6 is 0 Å². The van der Waals surface area contributed by atoms with Crippen LogP contribution in [-0.4, -0.2) is 26.0 Å². The Hall–Kier alpha value is -2.64. The van der Waals surface area contributed by atoms with Crippen molar-refractivity contribution in [2.75, 3.05) is 11.9 Å². The fraction of sp³-hybridized carbons (Fsp3) is 0.348. The Balaban J connectivity index is 1.81. The lowest BCUT2D eigenvalue weighted by Crippen LogP contribution is -2.28. The van der Waals surface area contributed by atoms with Crippen LogP contribution in [0.25, 0.3) is 0 Å². The summed E-state index contributed by atoms with van der Waals surface area (Å²) in [6.45, 7) is 2.35. The standard InChI is InChI=1S/C23H28N2O4S/c1-17(19-10-6-3-7-11-19)25-30(28,29)22-16-20(23(26)27)12-13-21(22)24-15-14-18-8-4-2-5-9-18/h3,6-8,10-13,16-17,24-25H,2,4-5,9,14-15H2,1H3,(H,26,27)/t17-/m1/s1. The van der Waals surface area contributed by atoms with Gasteiger partial charge < -0.3 is 10.4 Å². The number of sulfonamides is 1. The molecule has 0 amide bonds. The fourth-order valence-corrected chi connectivity index (χ4v) is 5.06. The van der Waals surface area contributed by atoms with Crippen molar-refractivity contribution in [1.82, 2.24) is 4.72 Å². The molecule has 3 N–H and O–H groups in total. The smallest absolute Gasteiger partial charge is 0.335 e. The molecular formula is C23H28N2O4S. The van der Waals surface area contributed by atoms with Crippen molar-refractivity contribution in [2.24, 2.45) is 0 Å². The molecule has 7 heteroatoms. The van der Waals surface area contributed by atoms with E-state index in [1.807, 2.05) is 30.3 Å². The molecule has 0 bridgehead atoms. The zero-order valence-electron chi connectivity index (χ0n) is 17.1. The van der Waals surface area contributed by atoms with Crippen molar-refractivity contribution in [2.45, 2.75) is 50.0 Å². The molecule has 0 aliphatic heterocycles. The van der Waals surface area contributed by atoms with Gasteiger partial charge in [-0.05, 0) is 62.8 Å². The summed E-state index contributed by atoms with van der Waals surface area (Å²) in [5.74, 6) is -1.17. The van der Waals surface area contributed by atoms with E-state index in [0.29, 0.717) is 12.2 Å². The predicted octanol–water partition coefficient (Wildman–Crippen LogP) is 4.73. The number of carboxylic acids is 1. The first-order valence-corrected chi connectivity index (χ1v) is 11.7. The molecule has 6 nitrogen and oxygen atoms in total. The number of carbonyl (C=O) groups is 1. The zero-order chi connectivity index (χ0) is 21.6. The zero-order valence-corrected chi connectivity index (χ0v) is 17.9. The van der Waals surface area contributed by atoms with E-state index in [0.717, 1.165) is 24.8 Å². The van der Waals surface area contributed by atoms with E-state index in [1.165, 1.54) is 36.6 Å². The lowest BCUT2D eigenvalue weighted by atomic mass is 9.97. The van der Waals surface area contributed by atoms with Crippen LogP contribution < -0.4 is 10.0 Å². The van der Waals surface area contributed by atoms with Gasteiger partial charge in [-0.2, -0.15) is 0 Å². The van der Waals surface area contributed by atoms with Gasteiger partial charge in [-0.1, -0.05) is 42.0 Å². The van der Waals surface area contributed by atoms with Gasteiger partial charge in [-0.3, -0.25) is 0 Å². The Morgan fingerprint density at radius 3 is 2.57 bits per heavy atom. The first kappa shape index (κ1) is 22.1. The lowest BCUT2D eigenvalue weighted by molar-refractivity contribution is 0.0696. The van der Waals surface area contributed by atoms with Gasteiger partial charge in [0.1, 0.15) is 4.90 Å². The SMILES string of the molecule is C[C@@H](NS(=O)(=O)c1cc(C(=O)O)ccc1NCCC1=CCCCC1)c1ccccc1. The highest BCUT2D eigenvalue weighted by Gasteiger charge is 2.23. The Bertz CT molecular complexity index is 1020. The van der Waals surface area contributed by atoms with E-state index in [9.17, 15) is 18.3 Å². The third-order valence-corrected chi connectivity index (χ3v) is 6.88. The summed E-state index contributed by atoms with van der Waals surface area (Å²) in [6.07, 6.45) is 7.71. The third kappa shape index (κ3) is 5.70. The van der Waals surface area contributed by atoms with Crippen LogP contribution in [0.5, 0.6) is 0 Å². The Kier molecular flexibility index (Phi) is 7.29. The number of rotatable bonds is 9. The largest absolute Gasteiger partial charge is 0.478 e. The molecule has 2 aromatic rings. The lowest BCUT2D eigenvalue weighted by Gasteiger charge is -2.18. The van der Waals surface area contributed by atoms with Crippen molar-refractivity contribution in [3.05, 3.63) is 71.3 Å². The molecule has 2 aromatic carbocycles. The first-order valence-electron chi connectivity index (χ1n) is 10.2. The van der Waals surface area contributed by atoms with Gasteiger partial charge in [0.2, 0.25) is 10.0 Å². The number of nitrogens with one attached hydrogen (secondary N) is 2. The van der Waals surface area contributed by atoms with Crippen LogP contribution in [0, 0.1) is 0 Å². The molecule has 0 spiro atoms. The van der Waals surface area contributed by atoms with E-state index in [1.54, 1.807) is 6.92 Å². The molecule has 1 aliphatic rings. The quantitative estimate of drug-likeness (QED) is 0.502. The molecule has 3 rings (SSSR count). The topological polar surface area (TPSA) is 95.5 Å². The van der Waals surface area contributed by atoms with Crippen molar-refractivity contribution in [1.29, 1.82) is 0 Å². The molecule has 0 radical (unpaired) electrons. The first-order chi connectivity index (χ1) is 14.4. The van der Waals surface area contributed by atoms with Gasteiger partial charge in [0.15, 0.2) is 0 Å². The van der Waals surface area contributed by atoms with Crippen LogP contribution in [0.3, 0.4) is 0 Å². The summed E-state index contributed by atoms with van der Waals surface area (Å²) in [7, 11) is -3.94. The van der Waals surface area contributed by atoms with Crippen LogP contribution in [-0.2, 0) is 10.0 Å². The number of allylic oxidation sites excluding steroid dienone is 1. The van der Waals surface area contributed by atoms with E-state index < -0.39 is 22.0 Å². The van der Waals surface area contributed by atoms with Gasteiger partial charge in [0, 0.05) is 12.6 Å². The van der Waals surface area contributed by atoms with Crippen molar-refractivity contribution < 1.29 is 18.3 Å². The monoisotopic (exact) mass is 428 g/mol. The Morgan fingerprint density at radius 2 is 1.90 bits per heavy atom. The van der Waals surface area contributed by atoms with E-state index in [2.05, 4.69) is 16.1 Å². The van der Waals surface area contributed by atoms with E-state index >= 15 is 0 Å². The molecule has 30 heavy (non-hydrogen) atoms. The highest BCUT2D eigenvalue weighted by molar-refractivity contribution is 7.89. The van der Waals surface area contributed by atoms with Crippen molar-refractivity contribution in [3.63, 3.8) is 0 Å².